The van der Waals surface area contributed by atoms with E-state index in [0.29, 0.717) is 50.8 Å². The average molecular weight is 347 g/mol. The van der Waals surface area contributed by atoms with Gasteiger partial charge in [-0.3, -0.25) is 9.59 Å². The van der Waals surface area contributed by atoms with Crippen LogP contribution in [0.3, 0.4) is 0 Å². The smallest absolute Gasteiger partial charge is 0.254 e. The number of anilines is 1. The number of nitrogens with zero attached hydrogens (tertiary/aromatic N) is 1. The van der Waals surface area contributed by atoms with Crippen LogP contribution in [0.25, 0.3) is 0 Å². The first-order valence-corrected chi connectivity index (χ1v) is 8.76. The number of morpholine rings is 1. The number of hydrogen-bond acceptors (Lipinski definition) is 5. The molecule has 2 fully saturated rings. The number of nitrogens with two attached hydrogens (primary N) is 1. The lowest BCUT2D eigenvalue weighted by atomic mass is 9.92. The molecule has 2 saturated heterocycles. The summed E-state index contributed by atoms with van der Waals surface area (Å²) in [5.41, 5.74) is 7.32. The predicted molar refractivity (Wildman–Crippen MR) is 93.3 cm³/mol. The highest BCUT2D eigenvalue weighted by molar-refractivity contribution is 5.97. The molecule has 1 aromatic carbocycles. The summed E-state index contributed by atoms with van der Waals surface area (Å²) in [7, 11) is 0. The van der Waals surface area contributed by atoms with Gasteiger partial charge in [0.15, 0.2) is 0 Å². The van der Waals surface area contributed by atoms with Crippen LogP contribution in [0, 0.1) is 5.92 Å². The summed E-state index contributed by atoms with van der Waals surface area (Å²) in [6, 6.07) is 6.39. The minimum atomic E-state index is -0.543. The minimum Gasteiger partial charge on any atom is -0.381 e. The first-order valence-electron chi connectivity index (χ1n) is 8.76. The highest BCUT2D eigenvalue weighted by Gasteiger charge is 2.26. The standard InChI is InChI=1S/C18H25N3O4/c19-16(13-5-9-24-10-6-13)17(22)20-15-3-1-14(2-4-15)18(23)21-7-11-25-12-8-21/h1-4,13,16H,5-12,19H2,(H,20,22). The van der Waals surface area contributed by atoms with E-state index < -0.39 is 6.04 Å². The van der Waals surface area contributed by atoms with Crippen LogP contribution < -0.4 is 11.1 Å². The first kappa shape index (κ1) is 17.8. The van der Waals surface area contributed by atoms with Gasteiger partial charge in [0.2, 0.25) is 5.91 Å². The summed E-state index contributed by atoms with van der Waals surface area (Å²) in [5.74, 6) is -0.0600. The molecule has 1 unspecified atom stereocenters. The number of carbonyl (C=O) groups excluding carboxylic acids is 2. The quantitative estimate of drug-likeness (QED) is 0.842. The number of rotatable bonds is 4. The fourth-order valence-electron chi connectivity index (χ4n) is 3.16. The molecule has 3 rings (SSSR count). The molecule has 2 amide bonds. The molecule has 0 aliphatic carbocycles. The van der Waals surface area contributed by atoms with Crippen LogP contribution in [0.4, 0.5) is 5.69 Å². The van der Waals surface area contributed by atoms with E-state index >= 15 is 0 Å². The first-order chi connectivity index (χ1) is 12.1. The molecule has 7 heteroatoms. The van der Waals surface area contributed by atoms with Crippen LogP contribution in [0.1, 0.15) is 23.2 Å². The lowest BCUT2D eigenvalue weighted by Gasteiger charge is -2.27. The van der Waals surface area contributed by atoms with E-state index in [2.05, 4.69) is 5.32 Å². The van der Waals surface area contributed by atoms with Crippen LogP contribution in [0.5, 0.6) is 0 Å². The predicted octanol–water partition coefficient (Wildman–Crippen LogP) is 0.851. The zero-order chi connectivity index (χ0) is 17.6. The third-order valence-electron chi connectivity index (χ3n) is 4.77. The maximum absolute atomic E-state index is 12.4. The molecule has 1 atom stereocenters. The summed E-state index contributed by atoms with van der Waals surface area (Å²) in [5, 5.41) is 2.84. The highest BCUT2D eigenvalue weighted by atomic mass is 16.5. The molecule has 0 radical (unpaired) electrons. The summed E-state index contributed by atoms with van der Waals surface area (Å²) in [6.07, 6.45) is 1.61. The largest absolute Gasteiger partial charge is 0.381 e. The van der Waals surface area contributed by atoms with E-state index in [1.165, 1.54) is 0 Å². The van der Waals surface area contributed by atoms with Crippen LogP contribution in [0.15, 0.2) is 24.3 Å². The molecule has 136 valence electrons. The number of ether oxygens (including phenoxy) is 2. The van der Waals surface area contributed by atoms with Crippen LogP contribution >= 0.6 is 0 Å². The van der Waals surface area contributed by atoms with Gasteiger partial charge in [0, 0.05) is 37.6 Å². The van der Waals surface area contributed by atoms with Gasteiger partial charge < -0.3 is 25.4 Å². The van der Waals surface area contributed by atoms with Crippen LogP contribution in [0.2, 0.25) is 0 Å². The van der Waals surface area contributed by atoms with Gasteiger partial charge in [-0.15, -0.1) is 0 Å². The molecular weight excluding hydrogens is 322 g/mol. The second-order valence-corrected chi connectivity index (χ2v) is 6.45. The molecule has 2 heterocycles. The highest BCUT2D eigenvalue weighted by Crippen LogP contribution is 2.19. The van der Waals surface area contributed by atoms with Gasteiger partial charge >= 0.3 is 0 Å². The Morgan fingerprint density at radius 3 is 2.28 bits per heavy atom. The Labute approximate surface area is 147 Å². The normalized spacial score (nSPS) is 20.1. The van der Waals surface area contributed by atoms with Crippen molar-refractivity contribution in [2.75, 3.05) is 44.8 Å². The van der Waals surface area contributed by atoms with Gasteiger partial charge in [0.05, 0.1) is 19.3 Å². The molecular formula is C18H25N3O4. The summed E-state index contributed by atoms with van der Waals surface area (Å²) < 4.78 is 10.6. The van der Waals surface area contributed by atoms with Gasteiger partial charge in [-0.2, -0.15) is 0 Å². The van der Waals surface area contributed by atoms with Gasteiger partial charge in [-0.1, -0.05) is 0 Å². The molecule has 7 nitrogen and oxygen atoms in total. The zero-order valence-corrected chi connectivity index (χ0v) is 14.3. The van der Waals surface area contributed by atoms with Crippen molar-refractivity contribution in [1.82, 2.24) is 4.90 Å². The van der Waals surface area contributed by atoms with Crippen molar-refractivity contribution in [2.24, 2.45) is 11.7 Å². The maximum atomic E-state index is 12.4. The number of nitrogens with one attached hydrogen (secondary N) is 1. The van der Waals surface area contributed by atoms with Gasteiger partial charge in [-0.25, -0.2) is 0 Å². The van der Waals surface area contributed by atoms with Crippen LogP contribution in [-0.4, -0.2) is 62.3 Å². The summed E-state index contributed by atoms with van der Waals surface area (Å²) in [4.78, 5) is 26.5. The van der Waals surface area contributed by atoms with E-state index in [-0.39, 0.29) is 17.7 Å². The van der Waals surface area contributed by atoms with Crippen molar-refractivity contribution < 1.29 is 19.1 Å². The molecule has 0 bridgehead atoms. The van der Waals surface area contributed by atoms with E-state index in [4.69, 9.17) is 15.2 Å². The number of benzene rings is 1. The van der Waals surface area contributed by atoms with Gasteiger partial charge in [-0.05, 0) is 43.0 Å². The molecule has 1 aromatic rings. The number of hydrogen-bond donors (Lipinski definition) is 2. The topological polar surface area (TPSA) is 93.9 Å². The van der Waals surface area contributed by atoms with E-state index in [1.54, 1.807) is 29.2 Å². The molecule has 0 saturated carbocycles. The van der Waals surface area contributed by atoms with Gasteiger partial charge in [0.1, 0.15) is 0 Å². The van der Waals surface area contributed by atoms with E-state index in [9.17, 15) is 9.59 Å². The lowest BCUT2D eigenvalue weighted by molar-refractivity contribution is -0.119. The molecule has 25 heavy (non-hydrogen) atoms. The SMILES string of the molecule is NC(C(=O)Nc1ccc(C(=O)N2CCOCC2)cc1)C1CCOCC1. The second kappa shape index (κ2) is 8.42. The second-order valence-electron chi connectivity index (χ2n) is 6.45. The Morgan fingerprint density at radius 1 is 1.04 bits per heavy atom. The maximum Gasteiger partial charge on any atom is 0.254 e. The van der Waals surface area contributed by atoms with E-state index in [0.717, 1.165) is 12.8 Å². The van der Waals surface area contributed by atoms with Crippen molar-refractivity contribution in [1.29, 1.82) is 0 Å². The third-order valence-corrected chi connectivity index (χ3v) is 4.77. The molecule has 0 spiro atoms. The van der Waals surface area contributed by atoms with Crippen molar-refractivity contribution in [3.8, 4) is 0 Å². The Morgan fingerprint density at radius 2 is 1.64 bits per heavy atom. The minimum absolute atomic E-state index is 0.0138. The van der Waals surface area contributed by atoms with Crippen molar-refractivity contribution in [3.63, 3.8) is 0 Å². The van der Waals surface area contributed by atoms with Crippen LogP contribution in [-0.2, 0) is 14.3 Å². The zero-order valence-electron chi connectivity index (χ0n) is 14.3. The lowest BCUT2D eigenvalue weighted by Crippen LogP contribution is -2.44. The van der Waals surface area contributed by atoms with Crippen molar-refractivity contribution in [2.45, 2.75) is 18.9 Å². The molecule has 3 N–H and O–H groups in total. The number of amides is 2. The summed E-state index contributed by atoms with van der Waals surface area (Å²) >= 11 is 0. The average Bonchev–Trinajstić information content (AvgIpc) is 2.68. The molecule has 0 aromatic heterocycles. The van der Waals surface area contributed by atoms with Gasteiger partial charge in [0.25, 0.3) is 5.91 Å². The Balaban J connectivity index is 1.56. The number of carbonyl (C=O) groups is 2. The van der Waals surface area contributed by atoms with Crippen molar-refractivity contribution >= 4 is 17.5 Å². The van der Waals surface area contributed by atoms with E-state index in [1.807, 2.05) is 0 Å². The third kappa shape index (κ3) is 4.56. The molecule has 2 aliphatic rings. The Kier molecular flexibility index (Phi) is 6.01. The summed E-state index contributed by atoms with van der Waals surface area (Å²) in [6.45, 7) is 3.68. The monoisotopic (exact) mass is 347 g/mol. The Hall–Kier alpha value is -1.96. The Bertz CT molecular complexity index is 593. The van der Waals surface area contributed by atoms with Crippen molar-refractivity contribution in [3.05, 3.63) is 29.8 Å². The fraction of sp³-hybridized carbons (Fsp3) is 0.556. The molecule has 2 aliphatic heterocycles. The fourth-order valence-corrected chi connectivity index (χ4v) is 3.16.